The molecular formula is C32H24BrClN4O4. The SMILES string of the molecule is Cc1ccc(-c2ccccc2)n1-c1ccc(C(=O)N/N=C/c2cc(Cl)c(OCc3cccc([N+](=O)[O-])c3)c(Br)c2)cc1. The molecule has 1 heterocycles. The van der Waals surface area contributed by atoms with Crippen molar-refractivity contribution in [2.45, 2.75) is 13.5 Å². The van der Waals surface area contributed by atoms with Crippen LogP contribution in [0.25, 0.3) is 16.9 Å². The van der Waals surface area contributed by atoms with Gasteiger partial charge in [0.2, 0.25) is 0 Å². The zero-order valence-electron chi connectivity index (χ0n) is 22.3. The average Bonchev–Trinajstić information content (AvgIpc) is 3.38. The monoisotopic (exact) mass is 642 g/mol. The summed E-state index contributed by atoms with van der Waals surface area (Å²) < 4.78 is 8.52. The number of nitrogens with zero attached hydrogens (tertiary/aromatic N) is 3. The van der Waals surface area contributed by atoms with Gasteiger partial charge >= 0.3 is 0 Å². The van der Waals surface area contributed by atoms with E-state index in [9.17, 15) is 14.9 Å². The van der Waals surface area contributed by atoms with Crippen molar-refractivity contribution >= 4 is 45.3 Å². The third-order valence-electron chi connectivity index (χ3n) is 6.44. The third kappa shape index (κ3) is 6.59. The first-order chi connectivity index (χ1) is 20.3. The van der Waals surface area contributed by atoms with Crippen LogP contribution >= 0.6 is 27.5 Å². The van der Waals surface area contributed by atoms with Crippen molar-refractivity contribution in [3.63, 3.8) is 0 Å². The number of hydrazone groups is 1. The molecule has 0 aliphatic carbocycles. The topological polar surface area (TPSA) is 98.8 Å². The van der Waals surface area contributed by atoms with Crippen LogP contribution in [-0.4, -0.2) is 21.6 Å². The molecule has 4 aromatic carbocycles. The molecule has 0 radical (unpaired) electrons. The Morgan fingerprint density at radius 2 is 1.79 bits per heavy atom. The molecule has 0 spiro atoms. The number of hydrogen-bond acceptors (Lipinski definition) is 5. The Kier molecular flexibility index (Phi) is 8.80. The Labute approximate surface area is 255 Å². The molecule has 0 bridgehead atoms. The van der Waals surface area contributed by atoms with Crippen LogP contribution in [0.4, 0.5) is 5.69 Å². The number of nitro groups is 1. The second kappa shape index (κ2) is 12.8. The minimum Gasteiger partial charge on any atom is -0.486 e. The van der Waals surface area contributed by atoms with Crippen molar-refractivity contribution in [2.75, 3.05) is 0 Å². The number of hydrogen-bond donors (Lipinski definition) is 1. The number of aryl methyl sites for hydroxylation is 1. The van der Waals surface area contributed by atoms with Crippen LogP contribution in [0.5, 0.6) is 5.75 Å². The zero-order chi connectivity index (χ0) is 29.6. The summed E-state index contributed by atoms with van der Waals surface area (Å²) in [6.45, 7) is 2.14. The highest BCUT2D eigenvalue weighted by atomic mass is 79.9. The molecule has 5 rings (SSSR count). The smallest absolute Gasteiger partial charge is 0.271 e. The fourth-order valence-electron chi connectivity index (χ4n) is 4.41. The molecule has 1 N–H and O–H groups in total. The maximum absolute atomic E-state index is 12.7. The predicted molar refractivity (Wildman–Crippen MR) is 168 cm³/mol. The molecular weight excluding hydrogens is 620 g/mol. The number of carbonyl (C=O) groups is 1. The van der Waals surface area contributed by atoms with Gasteiger partial charge < -0.3 is 9.30 Å². The standard InChI is InChI=1S/C32H24BrClN4O4/c1-21-10-15-30(24-7-3-2-4-8-24)37(21)26-13-11-25(12-14-26)32(39)36-35-19-23-17-28(33)31(29(34)18-23)42-20-22-6-5-9-27(16-22)38(40)41/h2-19H,20H2,1H3,(H,36,39)/b35-19+. The first-order valence-corrected chi connectivity index (χ1v) is 14.0. The lowest BCUT2D eigenvalue weighted by Crippen LogP contribution is -2.17. The van der Waals surface area contributed by atoms with Crippen LogP contribution in [0.3, 0.4) is 0 Å². The van der Waals surface area contributed by atoms with Crippen LogP contribution in [0.15, 0.2) is 113 Å². The van der Waals surface area contributed by atoms with E-state index in [0.717, 1.165) is 22.6 Å². The highest BCUT2D eigenvalue weighted by Crippen LogP contribution is 2.35. The van der Waals surface area contributed by atoms with E-state index < -0.39 is 4.92 Å². The summed E-state index contributed by atoms with van der Waals surface area (Å²) in [5.41, 5.74) is 8.46. The first kappa shape index (κ1) is 28.8. The van der Waals surface area contributed by atoms with Gasteiger partial charge in [0, 0.05) is 29.1 Å². The van der Waals surface area contributed by atoms with Crippen molar-refractivity contribution in [1.82, 2.24) is 9.99 Å². The van der Waals surface area contributed by atoms with E-state index in [1.54, 1.807) is 36.4 Å². The second-order valence-electron chi connectivity index (χ2n) is 9.34. The van der Waals surface area contributed by atoms with Gasteiger partial charge in [-0.1, -0.05) is 54.1 Å². The van der Waals surface area contributed by atoms with E-state index in [4.69, 9.17) is 16.3 Å². The molecule has 0 saturated carbocycles. The summed E-state index contributed by atoms with van der Waals surface area (Å²) in [5.74, 6) is 0.0326. The number of carbonyl (C=O) groups excluding carboxylic acids is 1. The number of non-ortho nitro benzene ring substituents is 1. The maximum atomic E-state index is 12.7. The Bertz CT molecular complexity index is 1760. The molecule has 0 atom stereocenters. The number of benzene rings is 4. The molecule has 1 aromatic heterocycles. The minimum absolute atomic E-state index is 0.0148. The van der Waals surface area contributed by atoms with Gasteiger partial charge in [0.05, 0.1) is 26.3 Å². The minimum atomic E-state index is -0.458. The first-order valence-electron chi connectivity index (χ1n) is 12.8. The van der Waals surface area contributed by atoms with Crippen molar-refractivity contribution < 1.29 is 14.5 Å². The number of halogens is 2. The molecule has 1 amide bonds. The summed E-state index contributed by atoms with van der Waals surface area (Å²) in [7, 11) is 0. The van der Waals surface area contributed by atoms with Gasteiger partial charge in [0.15, 0.2) is 5.75 Å². The quantitative estimate of drug-likeness (QED) is 0.0996. The van der Waals surface area contributed by atoms with Gasteiger partial charge in [-0.25, -0.2) is 5.43 Å². The highest BCUT2D eigenvalue weighted by Gasteiger charge is 2.13. The fraction of sp³-hybridized carbons (Fsp3) is 0.0625. The van der Waals surface area contributed by atoms with E-state index in [1.807, 2.05) is 37.3 Å². The van der Waals surface area contributed by atoms with Crippen molar-refractivity contribution in [3.05, 3.63) is 145 Å². The Balaban J connectivity index is 1.22. The van der Waals surface area contributed by atoms with Gasteiger partial charge in [-0.05, 0) is 88.1 Å². The normalized spacial score (nSPS) is 11.0. The predicted octanol–water partition coefficient (Wildman–Crippen LogP) is 8.12. The number of amides is 1. The molecule has 210 valence electrons. The lowest BCUT2D eigenvalue weighted by Gasteiger charge is -2.13. The van der Waals surface area contributed by atoms with Crippen LogP contribution < -0.4 is 10.2 Å². The van der Waals surface area contributed by atoms with Crippen molar-refractivity contribution in [2.24, 2.45) is 5.10 Å². The molecule has 10 heteroatoms. The molecule has 0 saturated heterocycles. The lowest BCUT2D eigenvalue weighted by molar-refractivity contribution is -0.384. The molecule has 42 heavy (non-hydrogen) atoms. The van der Waals surface area contributed by atoms with E-state index in [1.165, 1.54) is 18.3 Å². The fourth-order valence-corrected chi connectivity index (χ4v) is 5.40. The number of rotatable bonds is 9. The Morgan fingerprint density at radius 3 is 2.50 bits per heavy atom. The van der Waals surface area contributed by atoms with Gasteiger partial charge in [-0.15, -0.1) is 0 Å². The summed E-state index contributed by atoms with van der Waals surface area (Å²) >= 11 is 9.87. The zero-order valence-corrected chi connectivity index (χ0v) is 24.7. The molecule has 0 unspecified atom stereocenters. The molecule has 0 aliphatic rings. The van der Waals surface area contributed by atoms with E-state index in [0.29, 0.717) is 31.9 Å². The number of nitro benzene ring substituents is 1. The van der Waals surface area contributed by atoms with Crippen LogP contribution in [0.1, 0.15) is 27.2 Å². The molecule has 5 aromatic rings. The van der Waals surface area contributed by atoms with E-state index in [-0.39, 0.29) is 18.2 Å². The Hall–Kier alpha value is -4.73. The number of nitrogens with one attached hydrogen (secondary N) is 1. The number of ether oxygens (including phenoxy) is 1. The Morgan fingerprint density at radius 1 is 1.02 bits per heavy atom. The summed E-state index contributed by atoms with van der Waals surface area (Å²) in [6.07, 6.45) is 1.47. The van der Waals surface area contributed by atoms with Crippen molar-refractivity contribution in [3.8, 4) is 22.7 Å². The largest absolute Gasteiger partial charge is 0.486 e. The third-order valence-corrected chi connectivity index (χ3v) is 7.31. The van der Waals surface area contributed by atoms with Crippen molar-refractivity contribution in [1.29, 1.82) is 0 Å². The molecule has 8 nitrogen and oxygen atoms in total. The van der Waals surface area contributed by atoms with Crippen LogP contribution in [-0.2, 0) is 6.61 Å². The highest BCUT2D eigenvalue weighted by molar-refractivity contribution is 9.10. The van der Waals surface area contributed by atoms with Gasteiger partial charge in [0.1, 0.15) is 6.61 Å². The summed E-state index contributed by atoms with van der Waals surface area (Å²) in [5, 5.41) is 15.4. The molecule has 0 fully saturated rings. The van der Waals surface area contributed by atoms with E-state index >= 15 is 0 Å². The van der Waals surface area contributed by atoms with Crippen LogP contribution in [0, 0.1) is 17.0 Å². The lowest BCUT2D eigenvalue weighted by atomic mass is 10.1. The summed E-state index contributed by atoms with van der Waals surface area (Å²) in [4.78, 5) is 23.3. The van der Waals surface area contributed by atoms with Crippen LogP contribution in [0.2, 0.25) is 5.02 Å². The van der Waals surface area contributed by atoms with Gasteiger partial charge in [0.25, 0.3) is 11.6 Å². The summed E-state index contributed by atoms with van der Waals surface area (Å²) in [6, 6.07) is 31.2. The number of aromatic nitrogens is 1. The average molecular weight is 644 g/mol. The van der Waals surface area contributed by atoms with Gasteiger partial charge in [-0.3, -0.25) is 14.9 Å². The van der Waals surface area contributed by atoms with E-state index in [2.05, 4.69) is 55.3 Å². The second-order valence-corrected chi connectivity index (χ2v) is 10.6. The maximum Gasteiger partial charge on any atom is 0.271 e. The van der Waals surface area contributed by atoms with Gasteiger partial charge in [-0.2, -0.15) is 5.10 Å². The molecule has 0 aliphatic heterocycles.